The summed E-state index contributed by atoms with van der Waals surface area (Å²) in [6.07, 6.45) is 5.81. The van der Waals surface area contributed by atoms with Gasteiger partial charge in [0, 0.05) is 11.6 Å². The van der Waals surface area contributed by atoms with E-state index in [1.165, 1.54) is 25.7 Å². The van der Waals surface area contributed by atoms with Crippen molar-refractivity contribution in [2.75, 3.05) is 13.1 Å². The molecule has 0 aromatic heterocycles. The fourth-order valence-electron chi connectivity index (χ4n) is 3.89. The highest BCUT2D eigenvalue weighted by atomic mass is 16.3. The summed E-state index contributed by atoms with van der Waals surface area (Å²) in [5.41, 5.74) is 7.91. The number of aromatic hydroxyl groups is 1. The van der Waals surface area contributed by atoms with Gasteiger partial charge in [-0.3, -0.25) is 4.90 Å². The molecule has 1 fully saturated rings. The number of nitrogens with two attached hydrogens (primary N) is 1. The van der Waals surface area contributed by atoms with Crippen LogP contribution in [0.5, 0.6) is 5.75 Å². The molecule has 112 valence electrons. The summed E-state index contributed by atoms with van der Waals surface area (Å²) >= 11 is 0. The fraction of sp³-hybridized carbons (Fsp3) is 0.647. The molecule has 1 aromatic carbocycles. The van der Waals surface area contributed by atoms with E-state index >= 15 is 0 Å². The van der Waals surface area contributed by atoms with Gasteiger partial charge in [-0.1, -0.05) is 38.8 Å². The van der Waals surface area contributed by atoms with Crippen LogP contribution in [0.25, 0.3) is 0 Å². The third-order valence-corrected chi connectivity index (χ3v) is 4.92. The zero-order valence-corrected chi connectivity index (χ0v) is 12.8. The topological polar surface area (TPSA) is 49.5 Å². The van der Waals surface area contributed by atoms with Gasteiger partial charge in [-0.05, 0) is 50.0 Å². The van der Waals surface area contributed by atoms with Crippen molar-refractivity contribution in [1.82, 2.24) is 4.90 Å². The average molecular weight is 276 g/mol. The molecule has 1 aromatic rings. The molecule has 0 spiro atoms. The van der Waals surface area contributed by atoms with Gasteiger partial charge >= 0.3 is 0 Å². The van der Waals surface area contributed by atoms with Crippen LogP contribution in [0.15, 0.2) is 24.3 Å². The van der Waals surface area contributed by atoms with Crippen LogP contribution in [0.1, 0.15) is 45.1 Å². The normalized spacial score (nSPS) is 19.4. The minimum Gasteiger partial charge on any atom is -0.508 e. The molecule has 1 saturated carbocycles. The molecule has 3 nitrogen and oxygen atoms in total. The zero-order chi connectivity index (χ0) is 14.6. The molecule has 1 aliphatic carbocycles. The third-order valence-electron chi connectivity index (χ3n) is 4.92. The summed E-state index contributed by atoms with van der Waals surface area (Å²) in [6, 6.07) is 7.64. The van der Waals surface area contributed by atoms with Crippen molar-refractivity contribution < 1.29 is 5.11 Å². The molecular formula is C17H28N2O. The van der Waals surface area contributed by atoms with Gasteiger partial charge in [0.1, 0.15) is 5.75 Å². The second-order valence-electron chi connectivity index (χ2n) is 5.96. The van der Waals surface area contributed by atoms with Gasteiger partial charge in [0.05, 0.1) is 0 Å². The second-order valence-corrected chi connectivity index (χ2v) is 5.96. The summed E-state index contributed by atoms with van der Waals surface area (Å²) in [5.74, 6) is 0.331. The highest BCUT2D eigenvalue weighted by Gasteiger charge is 2.43. The van der Waals surface area contributed by atoms with Crippen LogP contribution in [0.2, 0.25) is 0 Å². The lowest BCUT2D eigenvalue weighted by molar-refractivity contribution is 0.0771. The first-order valence-corrected chi connectivity index (χ1v) is 7.91. The molecule has 0 heterocycles. The smallest absolute Gasteiger partial charge is 0.115 e. The van der Waals surface area contributed by atoms with Gasteiger partial charge in [-0.2, -0.15) is 0 Å². The van der Waals surface area contributed by atoms with Crippen LogP contribution < -0.4 is 5.73 Å². The van der Waals surface area contributed by atoms with E-state index in [0.29, 0.717) is 5.75 Å². The lowest BCUT2D eigenvalue weighted by atomic mass is 9.83. The Bertz CT molecular complexity index is 423. The number of hydrogen-bond acceptors (Lipinski definition) is 3. The maximum atomic E-state index is 9.61. The Kier molecular flexibility index (Phi) is 5.06. The SMILES string of the molecule is CCN(CC)C1(C(N)Cc2cccc(O)c2)CCCC1. The number of rotatable bonds is 6. The molecule has 0 saturated heterocycles. The van der Waals surface area contributed by atoms with Gasteiger partial charge in [0.25, 0.3) is 0 Å². The molecule has 3 heteroatoms. The predicted octanol–water partition coefficient (Wildman–Crippen LogP) is 2.92. The summed E-state index contributed by atoms with van der Waals surface area (Å²) < 4.78 is 0. The van der Waals surface area contributed by atoms with Crippen molar-refractivity contribution in [2.24, 2.45) is 5.73 Å². The van der Waals surface area contributed by atoms with Crippen LogP contribution >= 0.6 is 0 Å². The van der Waals surface area contributed by atoms with Crippen molar-refractivity contribution in [1.29, 1.82) is 0 Å². The summed E-state index contributed by atoms with van der Waals surface area (Å²) in [7, 11) is 0. The molecule has 0 bridgehead atoms. The van der Waals surface area contributed by atoms with Crippen LogP contribution in [-0.2, 0) is 6.42 Å². The largest absolute Gasteiger partial charge is 0.508 e. The summed E-state index contributed by atoms with van der Waals surface area (Å²) in [6.45, 7) is 6.57. The van der Waals surface area contributed by atoms with E-state index in [2.05, 4.69) is 24.8 Å². The Labute approximate surface area is 122 Å². The first-order chi connectivity index (χ1) is 9.62. The molecule has 1 aliphatic rings. The molecule has 20 heavy (non-hydrogen) atoms. The van der Waals surface area contributed by atoms with Crippen molar-refractivity contribution in [3.8, 4) is 5.75 Å². The standard InChI is InChI=1S/C17H28N2O/c1-3-19(4-2)17(10-5-6-11-17)16(18)13-14-8-7-9-15(20)12-14/h7-9,12,16,20H,3-6,10-11,13,18H2,1-2H3. The highest BCUT2D eigenvalue weighted by Crippen LogP contribution is 2.38. The second kappa shape index (κ2) is 6.59. The predicted molar refractivity (Wildman–Crippen MR) is 83.9 cm³/mol. The van der Waals surface area contributed by atoms with E-state index in [-0.39, 0.29) is 11.6 Å². The zero-order valence-electron chi connectivity index (χ0n) is 12.8. The van der Waals surface area contributed by atoms with Crippen molar-refractivity contribution >= 4 is 0 Å². The van der Waals surface area contributed by atoms with E-state index in [9.17, 15) is 5.11 Å². The molecule has 1 atom stereocenters. The highest BCUT2D eigenvalue weighted by molar-refractivity contribution is 5.28. The fourth-order valence-corrected chi connectivity index (χ4v) is 3.89. The van der Waals surface area contributed by atoms with Crippen molar-refractivity contribution in [3.05, 3.63) is 29.8 Å². The van der Waals surface area contributed by atoms with Gasteiger partial charge < -0.3 is 10.8 Å². The minimum absolute atomic E-state index is 0.131. The van der Waals surface area contributed by atoms with Gasteiger partial charge in [-0.25, -0.2) is 0 Å². The molecule has 0 radical (unpaired) electrons. The van der Waals surface area contributed by atoms with Gasteiger partial charge in [-0.15, -0.1) is 0 Å². The lowest BCUT2D eigenvalue weighted by Crippen LogP contribution is -2.59. The molecule has 0 aliphatic heterocycles. The maximum absolute atomic E-state index is 9.61. The average Bonchev–Trinajstić information content (AvgIpc) is 2.91. The molecule has 0 amide bonds. The Hall–Kier alpha value is -1.06. The Morgan fingerprint density at radius 1 is 1.25 bits per heavy atom. The first kappa shape index (κ1) is 15.3. The Morgan fingerprint density at radius 2 is 1.90 bits per heavy atom. The van der Waals surface area contributed by atoms with Crippen molar-refractivity contribution in [2.45, 2.75) is 57.5 Å². The number of hydrogen-bond donors (Lipinski definition) is 2. The Balaban J connectivity index is 2.17. The van der Waals surface area contributed by atoms with Crippen LogP contribution in [0.3, 0.4) is 0 Å². The van der Waals surface area contributed by atoms with Gasteiger partial charge in [0.15, 0.2) is 0 Å². The van der Waals surface area contributed by atoms with E-state index < -0.39 is 0 Å². The van der Waals surface area contributed by atoms with Crippen LogP contribution in [0.4, 0.5) is 0 Å². The maximum Gasteiger partial charge on any atom is 0.115 e. The number of benzene rings is 1. The minimum atomic E-state index is 0.131. The van der Waals surface area contributed by atoms with Crippen LogP contribution in [-0.4, -0.2) is 34.7 Å². The van der Waals surface area contributed by atoms with E-state index in [1.54, 1.807) is 6.07 Å². The molecule has 2 rings (SSSR count). The summed E-state index contributed by atoms with van der Waals surface area (Å²) in [4.78, 5) is 2.55. The van der Waals surface area contributed by atoms with Crippen molar-refractivity contribution in [3.63, 3.8) is 0 Å². The molecule has 3 N–H and O–H groups in total. The molecule has 1 unspecified atom stereocenters. The van der Waals surface area contributed by atoms with E-state index in [4.69, 9.17) is 5.73 Å². The van der Waals surface area contributed by atoms with E-state index in [1.807, 2.05) is 12.1 Å². The lowest BCUT2D eigenvalue weighted by Gasteiger charge is -2.45. The van der Waals surface area contributed by atoms with Gasteiger partial charge in [0.2, 0.25) is 0 Å². The molecular weight excluding hydrogens is 248 g/mol. The third kappa shape index (κ3) is 2.99. The van der Waals surface area contributed by atoms with E-state index in [0.717, 1.165) is 25.1 Å². The number of phenolic OH excluding ortho intramolecular Hbond substituents is 1. The summed E-state index contributed by atoms with van der Waals surface area (Å²) in [5, 5.41) is 9.61. The quantitative estimate of drug-likeness (QED) is 0.840. The first-order valence-electron chi connectivity index (χ1n) is 7.91. The Morgan fingerprint density at radius 3 is 2.45 bits per heavy atom. The monoisotopic (exact) mass is 276 g/mol. The number of nitrogens with zero attached hydrogens (tertiary/aromatic N) is 1. The number of phenols is 1. The number of likely N-dealkylation sites (N-methyl/N-ethyl adjacent to an activating group) is 1. The van der Waals surface area contributed by atoms with Crippen LogP contribution in [0, 0.1) is 0 Å².